The lowest BCUT2D eigenvalue weighted by Crippen LogP contribution is -2.46. The highest BCUT2D eigenvalue weighted by Crippen LogP contribution is 2.16. The summed E-state index contributed by atoms with van der Waals surface area (Å²) in [5, 5.41) is 11.7. The molecule has 1 aromatic rings. The molecule has 1 atom stereocenters. The first-order chi connectivity index (χ1) is 8.64. The minimum atomic E-state index is -2.88. The smallest absolute Gasteiger partial charge is 0.153 e. The van der Waals surface area contributed by atoms with E-state index in [-0.39, 0.29) is 17.5 Å². The number of aryl methyl sites for hydroxylation is 1. The Morgan fingerprint density at radius 2 is 2.22 bits per heavy atom. The molecule has 0 spiro atoms. The predicted molar refractivity (Wildman–Crippen MR) is 67.1 cm³/mol. The standard InChI is InChI=1S/C11H18N4O2S/c16-18(17)6-4-12-9(8-18)7-11-14-13-10-3-1-2-5-15(10)11/h9,12H,1-8H2. The molecule has 1 fully saturated rings. The van der Waals surface area contributed by atoms with Gasteiger partial charge in [0.1, 0.15) is 11.6 Å². The van der Waals surface area contributed by atoms with Gasteiger partial charge in [-0.1, -0.05) is 0 Å². The van der Waals surface area contributed by atoms with Crippen molar-refractivity contribution >= 4 is 9.84 Å². The van der Waals surface area contributed by atoms with Crippen molar-refractivity contribution in [2.24, 2.45) is 0 Å². The van der Waals surface area contributed by atoms with Crippen LogP contribution in [0, 0.1) is 0 Å². The maximum absolute atomic E-state index is 11.6. The van der Waals surface area contributed by atoms with Gasteiger partial charge in [-0.3, -0.25) is 0 Å². The number of fused-ring (bicyclic) bond motifs is 1. The Hall–Kier alpha value is -0.950. The van der Waals surface area contributed by atoms with Crippen LogP contribution in [0.2, 0.25) is 0 Å². The number of aromatic nitrogens is 3. The van der Waals surface area contributed by atoms with Gasteiger partial charge in [-0.25, -0.2) is 8.42 Å². The van der Waals surface area contributed by atoms with Crippen molar-refractivity contribution < 1.29 is 8.42 Å². The van der Waals surface area contributed by atoms with Crippen molar-refractivity contribution in [3.63, 3.8) is 0 Å². The van der Waals surface area contributed by atoms with Gasteiger partial charge in [-0.2, -0.15) is 0 Å². The number of rotatable bonds is 2. The summed E-state index contributed by atoms with van der Waals surface area (Å²) in [4.78, 5) is 0. The second-order valence-electron chi connectivity index (χ2n) is 5.11. The van der Waals surface area contributed by atoms with Gasteiger partial charge in [0.2, 0.25) is 0 Å². The van der Waals surface area contributed by atoms with Crippen molar-refractivity contribution in [2.45, 2.75) is 38.3 Å². The van der Waals surface area contributed by atoms with Gasteiger partial charge < -0.3 is 9.88 Å². The van der Waals surface area contributed by atoms with E-state index in [0.717, 1.165) is 31.0 Å². The molecule has 3 heterocycles. The van der Waals surface area contributed by atoms with Crippen LogP contribution >= 0.6 is 0 Å². The van der Waals surface area contributed by atoms with E-state index in [2.05, 4.69) is 20.1 Å². The lowest BCUT2D eigenvalue weighted by atomic mass is 10.1. The second kappa shape index (κ2) is 4.62. The minimum Gasteiger partial charge on any atom is -0.315 e. The highest BCUT2D eigenvalue weighted by molar-refractivity contribution is 7.91. The molecule has 2 aliphatic heterocycles. The van der Waals surface area contributed by atoms with Gasteiger partial charge in [0.25, 0.3) is 0 Å². The fourth-order valence-electron chi connectivity index (χ4n) is 2.74. The summed E-state index contributed by atoms with van der Waals surface area (Å²) >= 11 is 0. The number of sulfone groups is 1. The zero-order chi connectivity index (χ0) is 12.6. The van der Waals surface area contributed by atoms with Crippen LogP contribution in [-0.4, -0.2) is 47.3 Å². The minimum absolute atomic E-state index is 0.0148. The van der Waals surface area contributed by atoms with Crippen LogP contribution in [0.15, 0.2) is 0 Å². The largest absolute Gasteiger partial charge is 0.315 e. The van der Waals surface area contributed by atoms with Gasteiger partial charge in [0.05, 0.1) is 11.5 Å². The molecule has 1 N–H and O–H groups in total. The van der Waals surface area contributed by atoms with Crippen LogP contribution < -0.4 is 5.32 Å². The average Bonchev–Trinajstić information content (AvgIpc) is 2.72. The van der Waals surface area contributed by atoms with E-state index in [1.54, 1.807) is 0 Å². The molecule has 2 aliphatic rings. The van der Waals surface area contributed by atoms with Crippen molar-refractivity contribution in [1.82, 2.24) is 20.1 Å². The van der Waals surface area contributed by atoms with E-state index < -0.39 is 9.84 Å². The molecular formula is C11H18N4O2S. The molecule has 0 bridgehead atoms. The third-order valence-corrected chi connectivity index (χ3v) is 5.40. The number of nitrogens with zero attached hydrogens (tertiary/aromatic N) is 3. The average molecular weight is 270 g/mol. The molecule has 0 aliphatic carbocycles. The summed E-state index contributed by atoms with van der Waals surface area (Å²) in [6.07, 6.45) is 3.98. The highest BCUT2D eigenvalue weighted by Gasteiger charge is 2.26. The zero-order valence-electron chi connectivity index (χ0n) is 10.3. The van der Waals surface area contributed by atoms with Crippen molar-refractivity contribution in [3.8, 4) is 0 Å². The summed E-state index contributed by atoms with van der Waals surface area (Å²) in [5.41, 5.74) is 0. The summed E-state index contributed by atoms with van der Waals surface area (Å²) in [7, 11) is -2.88. The van der Waals surface area contributed by atoms with Crippen LogP contribution in [0.25, 0.3) is 0 Å². The molecule has 6 nitrogen and oxygen atoms in total. The summed E-state index contributed by atoms with van der Waals surface area (Å²) in [6, 6.07) is -0.0148. The van der Waals surface area contributed by atoms with Gasteiger partial charge in [-0.15, -0.1) is 10.2 Å². The molecule has 7 heteroatoms. The Bertz CT molecular complexity index is 537. The van der Waals surface area contributed by atoms with E-state index in [4.69, 9.17) is 0 Å². The third-order valence-electron chi connectivity index (χ3n) is 3.67. The van der Waals surface area contributed by atoms with Gasteiger partial charge in [0, 0.05) is 32.0 Å². The predicted octanol–water partition coefficient (Wildman–Crippen LogP) is -0.456. The van der Waals surface area contributed by atoms with Crippen LogP contribution in [0.3, 0.4) is 0 Å². The molecule has 1 unspecified atom stereocenters. The Morgan fingerprint density at radius 3 is 3.06 bits per heavy atom. The van der Waals surface area contributed by atoms with Crippen LogP contribution in [0.1, 0.15) is 24.5 Å². The lowest BCUT2D eigenvalue weighted by molar-refractivity contribution is 0.474. The van der Waals surface area contributed by atoms with Crippen LogP contribution in [0.5, 0.6) is 0 Å². The van der Waals surface area contributed by atoms with Crippen molar-refractivity contribution in [1.29, 1.82) is 0 Å². The molecule has 3 rings (SSSR count). The molecule has 18 heavy (non-hydrogen) atoms. The molecule has 1 saturated heterocycles. The second-order valence-corrected chi connectivity index (χ2v) is 7.34. The van der Waals surface area contributed by atoms with Gasteiger partial charge in [-0.05, 0) is 12.8 Å². The molecule has 0 radical (unpaired) electrons. The molecular weight excluding hydrogens is 252 g/mol. The summed E-state index contributed by atoms with van der Waals surface area (Å²) in [6.45, 7) is 1.52. The fourth-order valence-corrected chi connectivity index (χ4v) is 4.18. The Morgan fingerprint density at radius 1 is 1.33 bits per heavy atom. The summed E-state index contributed by atoms with van der Waals surface area (Å²) in [5.74, 6) is 2.45. The number of nitrogens with one attached hydrogen (secondary N) is 1. The van der Waals surface area contributed by atoms with E-state index in [9.17, 15) is 8.42 Å². The van der Waals surface area contributed by atoms with Crippen molar-refractivity contribution in [2.75, 3.05) is 18.1 Å². The van der Waals surface area contributed by atoms with E-state index in [1.807, 2.05) is 0 Å². The van der Waals surface area contributed by atoms with Crippen LogP contribution in [0.4, 0.5) is 0 Å². The topological polar surface area (TPSA) is 76.9 Å². The maximum Gasteiger partial charge on any atom is 0.153 e. The van der Waals surface area contributed by atoms with Crippen LogP contribution in [-0.2, 0) is 29.2 Å². The van der Waals surface area contributed by atoms with E-state index >= 15 is 0 Å². The lowest BCUT2D eigenvalue weighted by Gasteiger charge is -2.24. The fraction of sp³-hybridized carbons (Fsp3) is 0.818. The normalized spacial score (nSPS) is 26.8. The van der Waals surface area contributed by atoms with E-state index in [1.165, 1.54) is 6.42 Å². The van der Waals surface area contributed by atoms with Gasteiger partial charge in [0.15, 0.2) is 9.84 Å². The monoisotopic (exact) mass is 270 g/mol. The first-order valence-corrected chi connectivity index (χ1v) is 8.31. The maximum atomic E-state index is 11.6. The molecule has 0 aromatic carbocycles. The first kappa shape index (κ1) is 12.1. The third kappa shape index (κ3) is 2.42. The Kier molecular flexibility index (Phi) is 3.11. The van der Waals surface area contributed by atoms with Crippen molar-refractivity contribution in [3.05, 3.63) is 11.6 Å². The Balaban J connectivity index is 1.74. The molecule has 0 amide bonds. The quantitative estimate of drug-likeness (QED) is 0.787. The number of hydrogen-bond acceptors (Lipinski definition) is 5. The molecule has 0 saturated carbocycles. The van der Waals surface area contributed by atoms with Gasteiger partial charge >= 0.3 is 0 Å². The summed E-state index contributed by atoms with van der Waals surface area (Å²) < 4.78 is 25.3. The number of hydrogen-bond donors (Lipinski definition) is 1. The van der Waals surface area contributed by atoms with E-state index in [0.29, 0.717) is 13.0 Å². The zero-order valence-corrected chi connectivity index (χ0v) is 11.1. The molecule has 1 aromatic heterocycles. The Labute approximate surface area is 107 Å². The SMILES string of the molecule is O=S1(=O)CCNC(Cc2nnc3n2CCCC3)C1. The molecule has 100 valence electrons. The highest BCUT2D eigenvalue weighted by atomic mass is 32.2. The first-order valence-electron chi connectivity index (χ1n) is 6.49.